The van der Waals surface area contributed by atoms with Gasteiger partial charge in [0.25, 0.3) is 5.56 Å². The minimum atomic E-state index is -0.303. The molecule has 3 unspecified atom stereocenters. The lowest BCUT2D eigenvalue weighted by Gasteiger charge is -2.35. The Morgan fingerprint density at radius 1 is 1.27 bits per heavy atom. The molecule has 4 bridgehead atoms. The summed E-state index contributed by atoms with van der Waals surface area (Å²) in [5.74, 6) is 2.06. The number of carbonyl (C=O) groups excluding carboxylic acids is 1. The van der Waals surface area contributed by atoms with Crippen molar-refractivity contribution >= 4 is 27.5 Å². The minimum absolute atomic E-state index is 0.113. The van der Waals surface area contributed by atoms with Gasteiger partial charge >= 0.3 is 0 Å². The third-order valence-electron chi connectivity index (χ3n) is 7.14. The van der Waals surface area contributed by atoms with E-state index in [1.807, 2.05) is 6.92 Å². The molecular weight excluding hydrogens is 448 g/mol. The maximum absolute atomic E-state index is 12.8. The monoisotopic (exact) mass is 472 g/mol. The van der Waals surface area contributed by atoms with Gasteiger partial charge < -0.3 is 10.6 Å². The Labute approximate surface area is 183 Å². The van der Waals surface area contributed by atoms with Crippen LogP contribution in [0.2, 0.25) is 0 Å². The quantitative estimate of drug-likeness (QED) is 0.669. The molecule has 4 fully saturated rings. The van der Waals surface area contributed by atoms with Gasteiger partial charge in [-0.3, -0.25) is 9.59 Å². The van der Waals surface area contributed by atoms with Crippen molar-refractivity contribution in [1.82, 2.24) is 25.3 Å². The summed E-state index contributed by atoms with van der Waals surface area (Å²) in [6.07, 6.45) is 11.2. The van der Waals surface area contributed by atoms with E-state index in [4.69, 9.17) is 0 Å². The molecule has 2 heterocycles. The standard InChI is InChI=1S/C21H25BrN6O2/c1-12(15-2-3-23-24-9-15)26-18(29)11-28-20(30)19(22)17(10-25-28)27-21-7-13-4-14(8-21)6-16(21)5-13/h2-3,9-10,12-14,16,27H,4-8,11H2,1H3,(H,26,29). The molecule has 4 aliphatic rings. The highest BCUT2D eigenvalue weighted by atomic mass is 79.9. The number of hydrogen-bond acceptors (Lipinski definition) is 6. The smallest absolute Gasteiger partial charge is 0.283 e. The fourth-order valence-electron chi connectivity index (χ4n) is 6.00. The van der Waals surface area contributed by atoms with E-state index < -0.39 is 0 Å². The van der Waals surface area contributed by atoms with Crippen LogP contribution in [0.4, 0.5) is 5.69 Å². The Balaban J connectivity index is 1.28. The van der Waals surface area contributed by atoms with Crippen LogP contribution in [0.1, 0.15) is 50.6 Å². The highest BCUT2D eigenvalue weighted by molar-refractivity contribution is 9.10. The summed E-state index contributed by atoms with van der Waals surface area (Å²) < 4.78 is 1.63. The molecule has 4 saturated carbocycles. The van der Waals surface area contributed by atoms with Crippen LogP contribution in [0, 0.1) is 17.8 Å². The second-order valence-electron chi connectivity index (χ2n) is 9.13. The maximum Gasteiger partial charge on any atom is 0.283 e. The summed E-state index contributed by atoms with van der Waals surface area (Å²) in [7, 11) is 0. The molecule has 0 radical (unpaired) electrons. The number of carbonyl (C=O) groups is 1. The Morgan fingerprint density at radius 3 is 2.73 bits per heavy atom. The van der Waals surface area contributed by atoms with Crippen molar-refractivity contribution in [3.8, 4) is 0 Å². The average molecular weight is 473 g/mol. The van der Waals surface area contributed by atoms with E-state index in [1.165, 1.54) is 36.8 Å². The zero-order valence-corrected chi connectivity index (χ0v) is 18.4. The lowest BCUT2D eigenvalue weighted by molar-refractivity contribution is -0.122. The highest BCUT2D eigenvalue weighted by Crippen LogP contribution is 2.61. The number of aromatic nitrogens is 4. The van der Waals surface area contributed by atoms with Crippen molar-refractivity contribution in [2.75, 3.05) is 5.32 Å². The molecule has 8 nitrogen and oxygen atoms in total. The summed E-state index contributed by atoms with van der Waals surface area (Å²) in [4.78, 5) is 25.3. The van der Waals surface area contributed by atoms with E-state index in [9.17, 15) is 9.59 Å². The lowest BCUT2D eigenvalue weighted by Crippen LogP contribution is -2.41. The van der Waals surface area contributed by atoms with Crippen molar-refractivity contribution in [2.45, 2.75) is 57.2 Å². The minimum Gasteiger partial charge on any atom is -0.377 e. The molecule has 6 rings (SSSR count). The Hall–Kier alpha value is -2.29. The van der Waals surface area contributed by atoms with E-state index in [1.54, 1.807) is 24.7 Å². The maximum atomic E-state index is 12.8. The van der Waals surface area contributed by atoms with Gasteiger partial charge in [-0.05, 0) is 84.3 Å². The average Bonchev–Trinajstić information content (AvgIpc) is 3.11. The van der Waals surface area contributed by atoms with Gasteiger partial charge in [0.05, 0.1) is 24.1 Å². The Morgan fingerprint density at radius 2 is 2.03 bits per heavy atom. The van der Waals surface area contributed by atoms with Gasteiger partial charge in [0.15, 0.2) is 0 Å². The van der Waals surface area contributed by atoms with E-state index >= 15 is 0 Å². The molecule has 9 heteroatoms. The number of nitrogens with zero attached hydrogens (tertiary/aromatic N) is 4. The van der Waals surface area contributed by atoms with E-state index in [2.05, 4.69) is 41.9 Å². The first-order valence-corrected chi connectivity index (χ1v) is 11.3. The van der Waals surface area contributed by atoms with Gasteiger partial charge in [-0.2, -0.15) is 15.3 Å². The van der Waals surface area contributed by atoms with Crippen LogP contribution in [0.3, 0.4) is 0 Å². The predicted molar refractivity (Wildman–Crippen MR) is 115 cm³/mol. The third-order valence-corrected chi connectivity index (χ3v) is 7.90. The third kappa shape index (κ3) is 3.42. The molecule has 0 aromatic carbocycles. The van der Waals surface area contributed by atoms with Crippen LogP contribution >= 0.6 is 15.9 Å². The van der Waals surface area contributed by atoms with Gasteiger partial charge in [0, 0.05) is 11.7 Å². The second kappa shape index (κ2) is 7.44. The molecule has 2 aromatic heterocycles. The molecule has 2 N–H and O–H groups in total. The number of hydrogen-bond donors (Lipinski definition) is 2. The van der Waals surface area contributed by atoms with Crippen LogP contribution < -0.4 is 16.2 Å². The molecule has 158 valence electrons. The lowest BCUT2D eigenvalue weighted by atomic mass is 9.80. The molecule has 30 heavy (non-hydrogen) atoms. The summed E-state index contributed by atoms with van der Waals surface area (Å²) in [5, 5.41) is 18.4. The summed E-state index contributed by atoms with van der Waals surface area (Å²) in [5.41, 5.74) is 1.39. The molecule has 0 saturated heterocycles. The summed E-state index contributed by atoms with van der Waals surface area (Å²) in [6, 6.07) is 1.56. The normalized spacial score (nSPS) is 29.7. The van der Waals surface area contributed by atoms with Gasteiger partial charge in [0.1, 0.15) is 11.0 Å². The first-order valence-electron chi connectivity index (χ1n) is 10.5. The number of amides is 1. The van der Waals surface area contributed by atoms with Gasteiger partial charge in [-0.25, -0.2) is 4.68 Å². The molecule has 0 spiro atoms. The van der Waals surface area contributed by atoms with Crippen LogP contribution in [0.15, 0.2) is 33.9 Å². The SMILES string of the molecule is CC(NC(=O)Cn1ncc(NC23CC4CC(CC2C4)C3)c(Br)c1=O)c1ccnnc1. The van der Waals surface area contributed by atoms with Crippen LogP contribution in [-0.2, 0) is 11.3 Å². The molecule has 4 aliphatic carbocycles. The van der Waals surface area contributed by atoms with Crippen LogP contribution in [-0.4, -0.2) is 31.4 Å². The van der Waals surface area contributed by atoms with Crippen molar-refractivity contribution in [1.29, 1.82) is 0 Å². The molecule has 3 atom stereocenters. The van der Waals surface area contributed by atoms with E-state index in [-0.39, 0.29) is 29.6 Å². The molecular formula is C21H25BrN6O2. The highest BCUT2D eigenvalue weighted by Gasteiger charge is 2.57. The first-order chi connectivity index (χ1) is 14.4. The molecule has 1 amide bonds. The number of anilines is 1. The molecule has 2 aromatic rings. The van der Waals surface area contributed by atoms with Crippen molar-refractivity contribution in [2.24, 2.45) is 17.8 Å². The molecule has 0 aliphatic heterocycles. The van der Waals surface area contributed by atoms with Crippen molar-refractivity contribution in [3.05, 3.63) is 45.0 Å². The number of rotatable bonds is 6. The first kappa shape index (κ1) is 19.7. The van der Waals surface area contributed by atoms with Gasteiger partial charge in [0.2, 0.25) is 5.91 Å². The van der Waals surface area contributed by atoms with Crippen LogP contribution in [0.25, 0.3) is 0 Å². The topological polar surface area (TPSA) is 102 Å². The zero-order valence-electron chi connectivity index (χ0n) is 16.8. The Bertz CT molecular complexity index is 1010. The fraction of sp³-hybridized carbons (Fsp3) is 0.571. The fourth-order valence-corrected chi connectivity index (χ4v) is 6.40. The summed E-state index contributed by atoms with van der Waals surface area (Å²) in [6.45, 7) is 1.72. The summed E-state index contributed by atoms with van der Waals surface area (Å²) >= 11 is 3.45. The predicted octanol–water partition coefficient (Wildman–Crippen LogP) is 2.66. The Kier molecular flexibility index (Phi) is 4.88. The van der Waals surface area contributed by atoms with Crippen molar-refractivity contribution < 1.29 is 4.79 Å². The van der Waals surface area contributed by atoms with Crippen LogP contribution in [0.5, 0.6) is 0 Å². The zero-order chi connectivity index (χ0) is 20.9. The van der Waals surface area contributed by atoms with Crippen molar-refractivity contribution in [3.63, 3.8) is 0 Å². The van der Waals surface area contributed by atoms with Gasteiger partial charge in [-0.1, -0.05) is 0 Å². The second-order valence-corrected chi connectivity index (χ2v) is 9.92. The van der Waals surface area contributed by atoms with Gasteiger partial charge in [-0.15, -0.1) is 0 Å². The number of halogens is 1. The largest absolute Gasteiger partial charge is 0.377 e. The van der Waals surface area contributed by atoms with E-state index in [0.717, 1.165) is 23.1 Å². The number of nitrogens with one attached hydrogen (secondary N) is 2. The van der Waals surface area contributed by atoms with E-state index in [0.29, 0.717) is 10.4 Å².